The zero-order valence-electron chi connectivity index (χ0n) is 18.6. The molecule has 0 saturated heterocycles. The van der Waals surface area contributed by atoms with Crippen LogP contribution < -0.4 is 10.9 Å². The van der Waals surface area contributed by atoms with Gasteiger partial charge in [0.2, 0.25) is 5.91 Å². The van der Waals surface area contributed by atoms with Crippen molar-refractivity contribution in [3.63, 3.8) is 0 Å². The van der Waals surface area contributed by atoms with Crippen LogP contribution in [0.3, 0.4) is 0 Å². The topological polar surface area (TPSA) is 133 Å². The summed E-state index contributed by atoms with van der Waals surface area (Å²) in [6, 6.07) is 12.3. The molecule has 1 N–H and O–H groups in total. The van der Waals surface area contributed by atoms with Gasteiger partial charge in [0, 0.05) is 28.8 Å². The number of fused-ring (bicyclic) bond motifs is 1. The average Bonchev–Trinajstić information content (AvgIpc) is 3.29. The van der Waals surface area contributed by atoms with Crippen molar-refractivity contribution in [1.29, 1.82) is 0 Å². The van der Waals surface area contributed by atoms with E-state index >= 15 is 0 Å². The van der Waals surface area contributed by atoms with Crippen LogP contribution in [0.2, 0.25) is 0 Å². The number of carbonyl (C=O) groups is 2. The second-order valence-corrected chi connectivity index (χ2v) is 8.44. The highest BCUT2D eigenvalue weighted by Gasteiger charge is 2.17. The summed E-state index contributed by atoms with van der Waals surface area (Å²) < 4.78 is 6.28. The lowest BCUT2D eigenvalue weighted by atomic mass is 10.1. The van der Waals surface area contributed by atoms with Crippen LogP contribution in [0.25, 0.3) is 21.3 Å². The standard InChI is InChI=1S/C24H20N4O6S/c1-2-9-34-24(31)16-6-3-7-17(10-16)26-20(29)12-27-14-25-22-21(23(27)30)19(13-35-22)15-5-4-8-18(11-15)28(32)33/h3-8,10-11,13-14H,2,9,12H2,1H3,(H,26,29). The number of nitro groups is 1. The number of nitrogens with one attached hydrogen (secondary N) is 1. The summed E-state index contributed by atoms with van der Waals surface area (Å²) in [5.41, 5.74) is 1.18. The molecule has 2 aromatic carbocycles. The Kier molecular flexibility index (Phi) is 6.97. The van der Waals surface area contributed by atoms with Gasteiger partial charge in [-0.1, -0.05) is 25.1 Å². The number of benzene rings is 2. The molecule has 4 rings (SSSR count). The van der Waals surface area contributed by atoms with E-state index in [1.165, 1.54) is 40.4 Å². The third-order valence-corrected chi connectivity index (χ3v) is 5.95. The maximum atomic E-state index is 13.2. The monoisotopic (exact) mass is 492 g/mol. The van der Waals surface area contributed by atoms with Gasteiger partial charge < -0.3 is 10.1 Å². The van der Waals surface area contributed by atoms with E-state index in [0.29, 0.717) is 40.2 Å². The lowest BCUT2D eigenvalue weighted by molar-refractivity contribution is -0.384. The molecule has 35 heavy (non-hydrogen) atoms. The Morgan fingerprint density at radius 2 is 2.00 bits per heavy atom. The van der Waals surface area contributed by atoms with Gasteiger partial charge in [-0.15, -0.1) is 11.3 Å². The first-order chi connectivity index (χ1) is 16.9. The predicted molar refractivity (Wildman–Crippen MR) is 132 cm³/mol. The van der Waals surface area contributed by atoms with Gasteiger partial charge >= 0.3 is 5.97 Å². The number of nitro benzene ring substituents is 1. The van der Waals surface area contributed by atoms with Gasteiger partial charge in [-0.25, -0.2) is 9.78 Å². The maximum Gasteiger partial charge on any atom is 0.338 e. The van der Waals surface area contributed by atoms with Crippen molar-refractivity contribution in [2.75, 3.05) is 11.9 Å². The van der Waals surface area contributed by atoms with Gasteiger partial charge in [0.05, 0.1) is 28.8 Å². The molecule has 0 unspecified atom stereocenters. The van der Waals surface area contributed by atoms with Crippen LogP contribution in [0.4, 0.5) is 11.4 Å². The molecule has 0 aliphatic heterocycles. The summed E-state index contributed by atoms with van der Waals surface area (Å²) in [5.74, 6) is -0.973. The third kappa shape index (κ3) is 5.25. The minimum atomic E-state index is -0.503. The Morgan fingerprint density at radius 3 is 2.77 bits per heavy atom. The Hall–Kier alpha value is -4.38. The van der Waals surface area contributed by atoms with Crippen LogP contribution in [0.5, 0.6) is 0 Å². The van der Waals surface area contributed by atoms with E-state index < -0.39 is 22.4 Å². The van der Waals surface area contributed by atoms with Crippen LogP contribution in [0, 0.1) is 10.1 Å². The largest absolute Gasteiger partial charge is 0.462 e. The predicted octanol–water partition coefficient (Wildman–Crippen LogP) is 4.24. The summed E-state index contributed by atoms with van der Waals surface area (Å²) in [4.78, 5) is 53.3. The first-order valence-electron chi connectivity index (χ1n) is 10.7. The smallest absolute Gasteiger partial charge is 0.338 e. The Bertz CT molecular complexity index is 1490. The van der Waals surface area contributed by atoms with Gasteiger partial charge in [-0.05, 0) is 30.2 Å². The SMILES string of the molecule is CCCOC(=O)c1cccc(NC(=O)Cn2cnc3scc(-c4cccc([N+](=O)[O-])c4)c3c2=O)c1. The summed E-state index contributed by atoms with van der Waals surface area (Å²) in [5, 5.41) is 15.8. The summed E-state index contributed by atoms with van der Waals surface area (Å²) in [7, 11) is 0. The number of hydrogen-bond acceptors (Lipinski definition) is 8. The van der Waals surface area contributed by atoms with Crippen molar-refractivity contribution in [1.82, 2.24) is 9.55 Å². The third-order valence-electron chi connectivity index (χ3n) is 5.06. The van der Waals surface area contributed by atoms with Crippen LogP contribution in [0.1, 0.15) is 23.7 Å². The Labute approximate surface area is 203 Å². The fourth-order valence-corrected chi connectivity index (χ4v) is 4.34. The molecule has 0 saturated carbocycles. The molecular weight excluding hydrogens is 472 g/mol. The maximum absolute atomic E-state index is 13.2. The molecular formula is C24H20N4O6S. The molecule has 0 fully saturated rings. The number of ether oxygens (including phenoxy) is 1. The number of nitrogens with zero attached hydrogens (tertiary/aromatic N) is 3. The number of thiophene rings is 1. The first-order valence-corrected chi connectivity index (χ1v) is 11.5. The minimum Gasteiger partial charge on any atom is -0.462 e. The Balaban J connectivity index is 1.57. The van der Waals surface area contributed by atoms with Crippen LogP contribution in [-0.2, 0) is 16.1 Å². The number of amides is 1. The highest BCUT2D eigenvalue weighted by molar-refractivity contribution is 7.17. The number of rotatable bonds is 8. The number of non-ortho nitro benzene ring substituents is 1. The van der Waals surface area contributed by atoms with Crippen molar-refractivity contribution in [3.8, 4) is 11.1 Å². The van der Waals surface area contributed by atoms with Crippen molar-refractivity contribution < 1.29 is 19.2 Å². The number of aromatic nitrogens is 2. The second-order valence-electron chi connectivity index (χ2n) is 7.58. The van der Waals surface area contributed by atoms with E-state index in [1.807, 2.05) is 6.92 Å². The van der Waals surface area contributed by atoms with Gasteiger partial charge in [-0.2, -0.15) is 0 Å². The first kappa shape index (κ1) is 23.8. The van der Waals surface area contributed by atoms with E-state index in [0.717, 1.165) is 0 Å². The number of carbonyl (C=O) groups excluding carboxylic acids is 2. The Morgan fingerprint density at radius 1 is 1.20 bits per heavy atom. The lowest BCUT2D eigenvalue weighted by Crippen LogP contribution is -2.27. The van der Waals surface area contributed by atoms with Crippen LogP contribution in [-0.4, -0.2) is 33.0 Å². The molecule has 0 atom stereocenters. The molecule has 0 aliphatic carbocycles. The molecule has 0 spiro atoms. The lowest BCUT2D eigenvalue weighted by Gasteiger charge is -2.09. The number of anilines is 1. The molecule has 4 aromatic rings. The molecule has 2 aromatic heterocycles. The quantitative estimate of drug-likeness (QED) is 0.221. The van der Waals surface area contributed by atoms with Crippen molar-refractivity contribution in [3.05, 3.63) is 86.3 Å². The van der Waals surface area contributed by atoms with E-state index in [-0.39, 0.29) is 17.6 Å². The molecule has 2 heterocycles. The van der Waals surface area contributed by atoms with Crippen LogP contribution >= 0.6 is 11.3 Å². The molecule has 0 radical (unpaired) electrons. The van der Waals surface area contributed by atoms with Gasteiger partial charge in [0.1, 0.15) is 11.4 Å². The second kappa shape index (κ2) is 10.3. The van der Waals surface area contributed by atoms with E-state index in [2.05, 4.69) is 10.3 Å². The number of esters is 1. The van der Waals surface area contributed by atoms with Crippen molar-refractivity contribution in [2.45, 2.75) is 19.9 Å². The fraction of sp³-hybridized carbons (Fsp3) is 0.167. The molecule has 0 bridgehead atoms. The molecule has 10 nitrogen and oxygen atoms in total. The summed E-state index contributed by atoms with van der Waals surface area (Å²) in [6.07, 6.45) is 1.98. The zero-order chi connectivity index (χ0) is 24.9. The number of hydrogen-bond donors (Lipinski definition) is 1. The van der Waals surface area contributed by atoms with Crippen molar-refractivity contribution in [2.24, 2.45) is 0 Å². The van der Waals surface area contributed by atoms with Crippen LogP contribution in [0.15, 0.2) is 65.0 Å². The highest BCUT2D eigenvalue weighted by atomic mass is 32.1. The van der Waals surface area contributed by atoms with Gasteiger partial charge in [-0.3, -0.25) is 24.3 Å². The van der Waals surface area contributed by atoms with Crippen molar-refractivity contribution >= 4 is 44.8 Å². The summed E-state index contributed by atoms with van der Waals surface area (Å²) >= 11 is 1.24. The molecule has 11 heteroatoms. The highest BCUT2D eigenvalue weighted by Crippen LogP contribution is 2.32. The molecule has 0 aliphatic rings. The van der Waals surface area contributed by atoms with Gasteiger partial charge in [0.25, 0.3) is 11.2 Å². The van der Waals surface area contributed by atoms with Gasteiger partial charge in [0.15, 0.2) is 0 Å². The van der Waals surface area contributed by atoms with E-state index in [4.69, 9.17) is 4.74 Å². The average molecular weight is 493 g/mol. The molecule has 178 valence electrons. The zero-order valence-corrected chi connectivity index (χ0v) is 19.4. The van der Waals surface area contributed by atoms with E-state index in [9.17, 15) is 24.5 Å². The minimum absolute atomic E-state index is 0.0914. The molecule has 1 amide bonds. The normalized spacial score (nSPS) is 10.8. The summed E-state index contributed by atoms with van der Waals surface area (Å²) in [6.45, 7) is 1.88. The van der Waals surface area contributed by atoms with E-state index in [1.54, 1.807) is 35.7 Å². The fourth-order valence-electron chi connectivity index (χ4n) is 3.44.